The molecule has 2 aromatic carbocycles. The Kier molecular flexibility index (Phi) is 5.84. The van der Waals surface area contributed by atoms with Gasteiger partial charge in [-0.1, -0.05) is 48.5 Å². The van der Waals surface area contributed by atoms with E-state index in [1.54, 1.807) is 23.6 Å². The number of carbonyl (C=O) groups excluding carboxylic acids is 2. The average molecular weight is 456 g/mol. The third kappa shape index (κ3) is 4.05. The fraction of sp³-hybridized carbons (Fsp3) is 0.286. The van der Waals surface area contributed by atoms with Crippen LogP contribution in [0.4, 0.5) is 0 Å². The number of benzene rings is 2. The molecule has 3 heterocycles. The summed E-state index contributed by atoms with van der Waals surface area (Å²) in [6, 6.07) is 21.5. The molecule has 1 fully saturated rings. The van der Waals surface area contributed by atoms with Crippen LogP contribution in [0, 0.1) is 0 Å². The van der Waals surface area contributed by atoms with E-state index in [0.717, 1.165) is 22.9 Å². The number of nitrogens with two attached hydrogens (primary N) is 1. The van der Waals surface area contributed by atoms with Crippen LogP contribution in [0.15, 0.2) is 77.3 Å². The van der Waals surface area contributed by atoms with E-state index in [2.05, 4.69) is 12.1 Å². The van der Waals surface area contributed by atoms with Crippen molar-refractivity contribution < 1.29 is 14.0 Å². The van der Waals surface area contributed by atoms with Crippen molar-refractivity contribution in [1.82, 2.24) is 9.47 Å². The maximum absolute atomic E-state index is 13.6. The zero-order chi connectivity index (χ0) is 23.8. The van der Waals surface area contributed by atoms with E-state index in [0.29, 0.717) is 24.5 Å². The van der Waals surface area contributed by atoms with Crippen molar-refractivity contribution in [2.75, 3.05) is 6.54 Å². The minimum atomic E-state index is -0.272. The van der Waals surface area contributed by atoms with Crippen LogP contribution in [0.3, 0.4) is 0 Å². The Labute approximate surface area is 199 Å². The van der Waals surface area contributed by atoms with Gasteiger partial charge in [0.2, 0.25) is 5.91 Å². The molecule has 1 aliphatic heterocycles. The molecule has 0 bridgehead atoms. The maximum Gasteiger partial charge on any atom is 0.289 e. The number of rotatable bonds is 5. The largest absolute Gasteiger partial charge is 0.454 e. The van der Waals surface area contributed by atoms with Gasteiger partial charge in [-0.3, -0.25) is 14.2 Å². The second kappa shape index (κ2) is 8.95. The monoisotopic (exact) mass is 455 g/mol. The van der Waals surface area contributed by atoms with Gasteiger partial charge in [0.25, 0.3) is 5.91 Å². The molecule has 34 heavy (non-hydrogen) atoms. The molecule has 4 aromatic rings. The first-order valence-electron chi connectivity index (χ1n) is 11.7. The van der Waals surface area contributed by atoms with Crippen LogP contribution in [0.25, 0.3) is 10.9 Å². The molecule has 174 valence electrons. The highest BCUT2D eigenvalue weighted by molar-refractivity contribution is 5.94. The SMILES string of the molecule is CC(=O)n1cc(C[C@@H]2C[C@H](c3ccccc3)CN2C(=O)c2ccc([C@H](C)N)o2)c2ccccc21. The lowest BCUT2D eigenvalue weighted by molar-refractivity contribution is 0.0700. The van der Waals surface area contributed by atoms with Gasteiger partial charge in [0.15, 0.2) is 5.76 Å². The van der Waals surface area contributed by atoms with Crippen molar-refractivity contribution in [3.63, 3.8) is 0 Å². The van der Waals surface area contributed by atoms with Crippen LogP contribution in [0.2, 0.25) is 0 Å². The molecule has 1 aliphatic rings. The molecule has 6 nitrogen and oxygen atoms in total. The second-order valence-corrected chi connectivity index (χ2v) is 9.21. The van der Waals surface area contributed by atoms with Crippen LogP contribution < -0.4 is 5.73 Å². The molecule has 0 radical (unpaired) electrons. The number of carbonyl (C=O) groups is 2. The first kappa shape index (κ1) is 22.2. The van der Waals surface area contributed by atoms with Crippen molar-refractivity contribution in [3.8, 4) is 0 Å². The molecule has 2 N–H and O–H groups in total. The summed E-state index contributed by atoms with van der Waals surface area (Å²) in [6.07, 6.45) is 3.43. The Morgan fingerprint density at radius 3 is 2.50 bits per heavy atom. The third-order valence-corrected chi connectivity index (χ3v) is 6.82. The highest BCUT2D eigenvalue weighted by Gasteiger charge is 2.38. The molecule has 3 atom stereocenters. The van der Waals surface area contributed by atoms with Crippen LogP contribution in [0.1, 0.15) is 64.5 Å². The van der Waals surface area contributed by atoms with Crippen molar-refractivity contribution in [2.24, 2.45) is 5.73 Å². The third-order valence-electron chi connectivity index (χ3n) is 6.82. The second-order valence-electron chi connectivity index (χ2n) is 9.21. The molecule has 0 spiro atoms. The number of amides is 1. The molecule has 6 heteroatoms. The summed E-state index contributed by atoms with van der Waals surface area (Å²) >= 11 is 0. The predicted octanol–water partition coefficient (Wildman–Crippen LogP) is 5.16. The lowest BCUT2D eigenvalue weighted by Crippen LogP contribution is -2.36. The average Bonchev–Trinajstić information content (AvgIpc) is 3.57. The molecule has 0 unspecified atom stereocenters. The topological polar surface area (TPSA) is 81.5 Å². The molecule has 0 saturated carbocycles. The molecule has 1 amide bonds. The van der Waals surface area contributed by atoms with E-state index < -0.39 is 0 Å². The van der Waals surface area contributed by atoms with Crippen molar-refractivity contribution in [1.29, 1.82) is 0 Å². The smallest absolute Gasteiger partial charge is 0.289 e. The Bertz CT molecular complexity index is 1340. The fourth-order valence-electron chi connectivity index (χ4n) is 5.11. The van der Waals surface area contributed by atoms with Gasteiger partial charge in [-0.2, -0.15) is 0 Å². The molecule has 2 aromatic heterocycles. The van der Waals surface area contributed by atoms with Gasteiger partial charge in [0.05, 0.1) is 11.6 Å². The summed E-state index contributed by atoms with van der Waals surface area (Å²) in [5, 5.41) is 1.05. The van der Waals surface area contributed by atoms with Crippen molar-refractivity contribution in [2.45, 2.75) is 44.7 Å². The Balaban J connectivity index is 1.49. The highest BCUT2D eigenvalue weighted by atomic mass is 16.4. The quantitative estimate of drug-likeness (QED) is 0.451. The number of aromatic nitrogens is 1. The predicted molar refractivity (Wildman–Crippen MR) is 132 cm³/mol. The summed E-state index contributed by atoms with van der Waals surface area (Å²) < 4.78 is 7.50. The first-order chi connectivity index (χ1) is 16.4. The van der Waals surface area contributed by atoms with Gasteiger partial charge in [-0.05, 0) is 49.1 Å². The highest BCUT2D eigenvalue weighted by Crippen LogP contribution is 2.36. The van der Waals surface area contributed by atoms with Crippen LogP contribution >= 0.6 is 0 Å². The van der Waals surface area contributed by atoms with E-state index in [9.17, 15) is 9.59 Å². The number of likely N-dealkylation sites (tertiary alicyclic amines) is 1. The normalized spacial score (nSPS) is 19.0. The zero-order valence-corrected chi connectivity index (χ0v) is 19.5. The standard InChI is InChI=1S/C28H29N3O3/c1-18(29)26-12-13-27(34-26)28(33)31-16-21(20-8-4-3-5-9-20)14-23(31)15-22-17-30(19(2)32)25-11-7-6-10-24(22)25/h3-13,17-18,21,23H,14-16,29H2,1-2H3/t18-,21-,23-/m0/s1. The van der Waals surface area contributed by atoms with Gasteiger partial charge >= 0.3 is 0 Å². The number of para-hydroxylation sites is 1. The van der Waals surface area contributed by atoms with Gasteiger partial charge in [-0.25, -0.2) is 0 Å². The Hall–Kier alpha value is -3.64. The summed E-state index contributed by atoms with van der Waals surface area (Å²) in [5.74, 6) is 1.01. The number of fused-ring (bicyclic) bond motifs is 1. The number of hydrogen-bond donors (Lipinski definition) is 1. The summed E-state index contributed by atoms with van der Waals surface area (Å²) in [4.78, 5) is 27.7. The lowest BCUT2D eigenvalue weighted by Gasteiger charge is -2.23. The Morgan fingerprint density at radius 1 is 1.06 bits per heavy atom. The summed E-state index contributed by atoms with van der Waals surface area (Å²) in [7, 11) is 0. The molecular formula is C28H29N3O3. The van der Waals surface area contributed by atoms with E-state index in [4.69, 9.17) is 10.2 Å². The van der Waals surface area contributed by atoms with E-state index in [-0.39, 0.29) is 29.8 Å². The van der Waals surface area contributed by atoms with Gasteiger partial charge in [0.1, 0.15) is 5.76 Å². The van der Waals surface area contributed by atoms with Crippen LogP contribution in [-0.4, -0.2) is 33.9 Å². The maximum atomic E-state index is 13.6. The van der Waals surface area contributed by atoms with Gasteiger partial charge < -0.3 is 15.1 Å². The van der Waals surface area contributed by atoms with E-state index in [1.807, 2.05) is 60.5 Å². The first-order valence-corrected chi connectivity index (χ1v) is 11.7. The zero-order valence-electron chi connectivity index (χ0n) is 19.5. The minimum Gasteiger partial charge on any atom is -0.454 e. The number of nitrogens with zero attached hydrogens (tertiary/aromatic N) is 2. The number of furan rings is 1. The molecule has 0 aliphatic carbocycles. The van der Waals surface area contributed by atoms with Crippen molar-refractivity contribution in [3.05, 3.63) is 95.6 Å². The van der Waals surface area contributed by atoms with Crippen molar-refractivity contribution >= 4 is 22.7 Å². The molecular weight excluding hydrogens is 426 g/mol. The molecule has 1 saturated heterocycles. The van der Waals surface area contributed by atoms with Gasteiger partial charge in [-0.15, -0.1) is 0 Å². The fourth-order valence-corrected chi connectivity index (χ4v) is 5.11. The van der Waals surface area contributed by atoms with Gasteiger partial charge in [0, 0.05) is 37.0 Å². The molecule has 5 rings (SSSR count). The Morgan fingerprint density at radius 2 is 1.79 bits per heavy atom. The number of hydrogen-bond acceptors (Lipinski definition) is 4. The van der Waals surface area contributed by atoms with E-state index in [1.165, 1.54) is 5.56 Å². The summed E-state index contributed by atoms with van der Waals surface area (Å²) in [5.41, 5.74) is 9.13. The summed E-state index contributed by atoms with van der Waals surface area (Å²) in [6.45, 7) is 4.02. The van der Waals surface area contributed by atoms with E-state index >= 15 is 0 Å². The lowest BCUT2D eigenvalue weighted by atomic mass is 9.94. The minimum absolute atomic E-state index is 0.0206. The van der Waals surface area contributed by atoms with Crippen LogP contribution in [0.5, 0.6) is 0 Å². The van der Waals surface area contributed by atoms with Crippen LogP contribution in [-0.2, 0) is 6.42 Å².